The van der Waals surface area contributed by atoms with Crippen molar-refractivity contribution in [1.29, 1.82) is 0 Å². The van der Waals surface area contributed by atoms with Crippen molar-refractivity contribution in [3.8, 4) is 0 Å². The summed E-state index contributed by atoms with van der Waals surface area (Å²) in [7, 11) is 0. The standard InChI is InChI=1S/C26H46Cl2/c1-3-5-7-9-11-22-13-17-24(18-14-22)21-25(26(24,27)28)19-15-23(16-20-25)12-10-8-6-4-2/h22-23H,3-21H2,1-2H3/t22?,23?,24-,25-. The van der Waals surface area contributed by atoms with E-state index in [1.54, 1.807) is 0 Å². The van der Waals surface area contributed by atoms with E-state index >= 15 is 0 Å². The molecule has 164 valence electrons. The summed E-state index contributed by atoms with van der Waals surface area (Å²) < 4.78 is -0.444. The fourth-order valence-electron chi connectivity index (χ4n) is 7.06. The second-order valence-electron chi connectivity index (χ2n) is 10.9. The smallest absolute Gasteiger partial charge is 0.100 e. The first kappa shape index (κ1) is 23.2. The van der Waals surface area contributed by atoms with Crippen molar-refractivity contribution in [2.75, 3.05) is 0 Å². The minimum atomic E-state index is -0.444. The van der Waals surface area contributed by atoms with Crippen molar-refractivity contribution in [3.63, 3.8) is 0 Å². The van der Waals surface area contributed by atoms with E-state index in [1.807, 2.05) is 0 Å². The minimum Gasteiger partial charge on any atom is -0.100 e. The molecule has 2 spiro atoms. The van der Waals surface area contributed by atoms with Gasteiger partial charge in [0.2, 0.25) is 0 Å². The van der Waals surface area contributed by atoms with Crippen LogP contribution in [0.1, 0.15) is 136 Å². The van der Waals surface area contributed by atoms with E-state index in [0.717, 1.165) is 11.8 Å². The maximum absolute atomic E-state index is 7.23. The van der Waals surface area contributed by atoms with Gasteiger partial charge in [0, 0.05) is 10.8 Å². The molecule has 0 radical (unpaired) electrons. The molecule has 0 aliphatic heterocycles. The number of halogens is 2. The first-order valence-electron chi connectivity index (χ1n) is 12.9. The van der Waals surface area contributed by atoms with Gasteiger partial charge in [-0.25, -0.2) is 0 Å². The summed E-state index contributed by atoms with van der Waals surface area (Å²) in [4.78, 5) is 0. The van der Waals surface area contributed by atoms with Crippen molar-refractivity contribution >= 4 is 23.2 Å². The summed E-state index contributed by atoms with van der Waals surface area (Å²) in [6.07, 6.45) is 26.1. The summed E-state index contributed by atoms with van der Waals surface area (Å²) in [5, 5.41) is 0. The summed E-state index contributed by atoms with van der Waals surface area (Å²) in [5.74, 6) is 1.89. The Morgan fingerprint density at radius 1 is 0.607 bits per heavy atom. The third kappa shape index (κ3) is 4.74. The number of hydrogen-bond acceptors (Lipinski definition) is 0. The highest BCUT2D eigenvalue weighted by atomic mass is 35.5. The lowest BCUT2D eigenvalue weighted by molar-refractivity contribution is -0.115. The van der Waals surface area contributed by atoms with E-state index in [9.17, 15) is 0 Å². The van der Waals surface area contributed by atoms with Gasteiger partial charge in [0.15, 0.2) is 0 Å². The molecular formula is C26H46Cl2. The molecular weight excluding hydrogens is 383 g/mol. The zero-order valence-electron chi connectivity index (χ0n) is 18.8. The minimum absolute atomic E-state index is 0.254. The van der Waals surface area contributed by atoms with Gasteiger partial charge < -0.3 is 0 Å². The van der Waals surface area contributed by atoms with Gasteiger partial charge in [-0.3, -0.25) is 0 Å². The first-order chi connectivity index (χ1) is 13.5. The monoisotopic (exact) mass is 428 g/mol. The summed E-state index contributed by atoms with van der Waals surface area (Å²) in [5.41, 5.74) is 0.508. The summed E-state index contributed by atoms with van der Waals surface area (Å²) in [6, 6.07) is 0. The zero-order valence-corrected chi connectivity index (χ0v) is 20.4. The SMILES string of the molecule is CCCCCCC1CC[C@]2(CC1)C[C@@]1(CCC(CCCCCC)CC1)C2(Cl)Cl. The zero-order chi connectivity index (χ0) is 20.1. The van der Waals surface area contributed by atoms with Crippen LogP contribution in [-0.4, -0.2) is 4.33 Å². The molecule has 0 atom stereocenters. The molecule has 2 heteroatoms. The first-order valence-corrected chi connectivity index (χ1v) is 13.6. The summed E-state index contributed by atoms with van der Waals surface area (Å²) in [6.45, 7) is 4.61. The highest BCUT2D eigenvalue weighted by molar-refractivity contribution is 6.50. The Morgan fingerprint density at radius 3 is 1.32 bits per heavy atom. The van der Waals surface area contributed by atoms with Gasteiger partial charge in [-0.05, 0) is 69.6 Å². The molecule has 28 heavy (non-hydrogen) atoms. The van der Waals surface area contributed by atoms with Crippen LogP contribution < -0.4 is 0 Å². The van der Waals surface area contributed by atoms with Crippen molar-refractivity contribution in [1.82, 2.24) is 0 Å². The molecule has 3 fully saturated rings. The van der Waals surface area contributed by atoms with Crippen LogP contribution in [0.5, 0.6) is 0 Å². The van der Waals surface area contributed by atoms with Crippen molar-refractivity contribution in [2.45, 2.75) is 140 Å². The predicted molar refractivity (Wildman–Crippen MR) is 125 cm³/mol. The molecule has 0 unspecified atom stereocenters. The molecule has 0 N–H and O–H groups in total. The number of alkyl halides is 2. The Kier molecular flexibility index (Phi) is 8.52. The van der Waals surface area contributed by atoms with E-state index in [-0.39, 0.29) is 10.8 Å². The van der Waals surface area contributed by atoms with Gasteiger partial charge in [0.1, 0.15) is 4.33 Å². The Bertz CT molecular complexity index is 413. The van der Waals surface area contributed by atoms with E-state index in [4.69, 9.17) is 23.2 Å². The molecule has 0 heterocycles. The molecule has 0 aromatic rings. The molecule has 0 nitrogen and oxygen atoms in total. The van der Waals surface area contributed by atoms with Crippen LogP contribution in [0, 0.1) is 22.7 Å². The third-order valence-corrected chi connectivity index (χ3v) is 10.7. The topological polar surface area (TPSA) is 0 Å². The molecule has 0 aromatic heterocycles. The fraction of sp³-hybridized carbons (Fsp3) is 1.00. The Balaban J connectivity index is 1.42. The molecule has 3 aliphatic carbocycles. The molecule has 0 saturated heterocycles. The van der Waals surface area contributed by atoms with E-state index in [1.165, 1.54) is 122 Å². The normalized spacial score (nSPS) is 37.3. The lowest BCUT2D eigenvalue weighted by Crippen LogP contribution is -2.66. The van der Waals surface area contributed by atoms with Gasteiger partial charge in [-0.2, -0.15) is 0 Å². The maximum atomic E-state index is 7.23. The lowest BCUT2D eigenvalue weighted by Gasteiger charge is -2.69. The lowest BCUT2D eigenvalue weighted by atomic mass is 9.43. The largest absolute Gasteiger partial charge is 0.129 e. The van der Waals surface area contributed by atoms with E-state index in [2.05, 4.69) is 13.8 Å². The van der Waals surface area contributed by atoms with Crippen LogP contribution in [0.4, 0.5) is 0 Å². The van der Waals surface area contributed by atoms with Gasteiger partial charge in [-0.15, -0.1) is 23.2 Å². The average Bonchev–Trinajstić information content (AvgIpc) is 2.71. The van der Waals surface area contributed by atoms with Gasteiger partial charge in [0.05, 0.1) is 0 Å². The predicted octanol–water partition coefficient (Wildman–Crippen LogP) is 9.86. The average molecular weight is 430 g/mol. The number of hydrogen-bond donors (Lipinski definition) is 0. The molecule has 0 bridgehead atoms. The Labute approximate surface area is 185 Å². The van der Waals surface area contributed by atoms with Crippen LogP contribution in [0.25, 0.3) is 0 Å². The van der Waals surface area contributed by atoms with Crippen LogP contribution in [0.15, 0.2) is 0 Å². The van der Waals surface area contributed by atoms with Crippen LogP contribution in [0.3, 0.4) is 0 Å². The Hall–Kier alpha value is 0.580. The molecule has 0 amide bonds. The van der Waals surface area contributed by atoms with Crippen molar-refractivity contribution in [2.24, 2.45) is 22.7 Å². The van der Waals surface area contributed by atoms with Gasteiger partial charge in [0.25, 0.3) is 0 Å². The van der Waals surface area contributed by atoms with Crippen LogP contribution in [-0.2, 0) is 0 Å². The quantitative estimate of drug-likeness (QED) is 0.239. The Morgan fingerprint density at radius 2 is 1.00 bits per heavy atom. The van der Waals surface area contributed by atoms with E-state index < -0.39 is 4.33 Å². The number of rotatable bonds is 10. The third-order valence-electron chi connectivity index (χ3n) is 9.07. The maximum Gasteiger partial charge on any atom is 0.129 e. The summed E-state index contributed by atoms with van der Waals surface area (Å²) >= 11 is 14.5. The van der Waals surface area contributed by atoms with Gasteiger partial charge >= 0.3 is 0 Å². The number of unbranched alkanes of at least 4 members (excludes halogenated alkanes) is 6. The van der Waals surface area contributed by atoms with Crippen LogP contribution in [0.2, 0.25) is 0 Å². The molecule has 3 aliphatic rings. The highest BCUT2D eigenvalue weighted by Crippen LogP contribution is 2.76. The second-order valence-corrected chi connectivity index (χ2v) is 12.2. The second kappa shape index (κ2) is 10.3. The van der Waals surface area contributed by atoms with Crippen molar-refractivity contribution in [3.05, 3.63) is 0 Å². The van der Waals surface area contributed by atoms with Crippen LogP contribution >= 0.6 is 23.2 Å². The highest BCUT2D eigenvalue weighted by Gasteiger charge is 2.72. The molecule has 0 aromatic carbocycles. The molecule has 3 rings (SSSR count). The van der Waals surface area contributed by atoms with Gasteiger partial charge in [-0.1, -0.05) is 78.1 Å². The molecule has 3 saturated carbocycles. The van der Waals surface area contributed by atoms with Crippen molar-refractivity contribution < 1.29 is 0 Å². The fourth-order valence-corrected chi connectivity index (χ4v) is 8.09. The van der Waals surface area contributed by atoms with E-state index in [0.29, 0.717) is 0 Å².